The van der Waals surface area contributed by atoms with Gasteiger partial charge in [0.15, 0.2) is 0 Å². The molecular formula is C10H16NO3Zn. The average Bonchev–Trinajstić information content (AvgIpc) is 2.36. The Labute approximate surface area is 99.7 Å². The van der Waals surface area contributed by atoms with Crippen molar-refractivity contribution in [3.05, 3.63) is 11.5 Å². The molecule has 1 aromatic heterocycles. The molecule has 0 radical (unpaired) electrons. The maximum absolute atomic E-state index is 10.0. The van der Waals surface area contributed by atoms with E-state index in [1.54, 1.807) is 20.8 Å². The second kappa shape index (κ2) is 5.40. The molecule has 0 amide bonds. The van der Waals surface area contributed by atoms with Crippen molar-refractivity contribution in [3.63, 3.8) is 0 Å². The van der Waals surface area contributed by atoms with Gasteiger partial charge < -0.3 is 5.11 Å². The molecular weight excluding hydrogens is 248 g/mol. The van der Waals surface area contributed by atoms with Crippen molar-refractivity contribution in [2.24, 2.45) is 5.41 Å². The molecule has 1 rings (SSSR count). The summed E-state index contributed by atoms with van der Waals surface area (Å²) in [6.45, 7) is 8.90. The van der Waals surface area contributed by atoms with Gasteiger partial charge in [0.2, 0.25) is 0 Å². The Hall–Kier alpha value is -0.697. The summed E-state index contributed by atoms with van der Waals surface area (Å²) >= 11 is 1.14. The number of aryl methyl sites for hydroxylation is 2. The summed E-state index contributed by atoms with van der Waals surface area (Å²) in [6.07, 6.45) is 0. The summed E-state index contributed by atoms with van der Waals surface area (Å²) in [6, 6.07) is 0. The molecule has 0 fully saturated rings. The van der Waals surface area contributed by atoms with E-state index in [-0.39, 0.29) is 0 Å². The monoisotopic (exact) mass is 262 g/mol. The first-order chi connectivity index (χ1) is 6.66. The van der Waals surface area contributed by atoms with E-state index in [4.69, 9.17) is 9.63 Å². The van der Waals surface area contributed by atoms with E-state index in [1.807, 2.05) is 13.8 Å². The number of carboxylic acid groups (broad SMARTS) is 1. The number of aromatic nitrogens is 1. The Bertz CT molecular complexity index is 319. The van der Waals surface area contributed by atoms with Crippen LogP contribution in [0.3, 0.4) is 0 Å². The summed E-state index contributed by atoms with van der Waals surface area (Å²) in [5, 5.41) is 12.0. The van der Waals surface area contributed by atoms with Gasteiger partial charge in [0.05, 0.1) is 5.41 Å². The van der Waals surface area contributed by atoms with E-state index in [1.165, 1.54) is 4.16 Å². The molecule has 1 N–H and O–H groups in total. The molecule has 0 bridgehead atoms. The minimum absolute atomic E-state index is 0.583. The van der Waals surface area contributed by atoms with Gasteiger partial charge in [0.1, 0.15) is 0 Å². The van der Waals surface area contributed by atoms with E-state index < -0.39 is 11.4 Å². The third-order valence-electron chi connectivity index (χ3n) is 1.82. The van der Waals surface area contributed by atoms with Crippen molar-refractivity contribution in [1.29, 1.82) is 0 Å². The fourth-order valence-electron chi connectivity index (χ4n) is 0.502. The van der Waals surface area contributed by atoms with Gasteiger partial charge in [0.25, 0.3) is 0 Å². The van der Waals surface area contributed by atoms with Crippen LogP contribution in [0.15, 0.2) is 4.52 Å². The summed E-state index contributed by atoms with van der Waals surface area (Å²) < 4.78 is 6.16. The minimum atomic E-state index is -0.757. The first-order valence-corrected chi connectivity index (χ1v) is 6.13. The van der Waals surface area contributed by atoms with Gasteiger partial charge in [-0.05, 0) is 20.8 Å². The standard InChI is InChI=1S/C5H6NO.C5H10O2.Zn/c1-4-3-5(2)7-6-4;1-5(2,3)4(6)7;/h1-2H3;1-3H3,(H,6,7);. The zero-order chi connectivity index (χ0) is 12.2. The van der Waals surface area contributed by atoms with Crippen molar-refractivity contribution in [2.75, 3.05) is 0 Å². The van der Waals surface area contributed by atoms with E-state index in [0.29, 0.717) is 0 Å². The number of nitrogens with zero attached hydrogens (tertiary/aromatic N) is 1. The predicted octanol–water partition coefficient (Wildman–Crippen LogP) is 1.58. The third kappa shape index (κ3) is 5.07. The molecule has 15 heavy (non-hydrogen) atoms. The van der Waals surface area contributed by atoms with Gasteiger partial charge in [-0.2, -0.15) is 0 Å². The van der Waals surface area contributed by atoms with Gasteiger partial charge in [-0.3, -0.25) is 4.79 Å². The Morgan fingerprint density at radius 2 is 1.80 bits per heavy atom. The Morgan fingerprint density at radius 1 is 1.40 bits per heavy atom. The molecule has 81 valence electrons. The van der Waals surface area contributed by atoms with Gasteiger partial charge >= 0.3 is 63.4 Å². The van der Waals surface area contributed by atoms with E-state index in [9.17, 15) is 4.79 Å². The van der Waals surface area contributed by atoms with Crippen LogP contribution in [0.4, 0.5) is 0 Å². The topological polar surface area (TPSA) is 63.3 Å². The average molecular weight is 264 g/mol. The fraction of sp³-hybridized carbons (Fsp3) is 0.600. The van der Waals surface area contributed by atoms with Gasteiger partial charge in [-0.1, -0.05) is 0 Å². The second-order valence-electron chi connectivity index (χ2n) is 4.36. The van der Waals surface area contributed by atoms with E-state index in [2.05, 4.69) is 5.16 Å². The van der Waals surface area contributed by atoms with E-state index in [0.717, 1.165) is 29.8 Å². The first kappa shape index (κ1) is 14.3. The maximum atomic E-state index is 10.0. The third-order valence-corrected chi connectivity index (χ3v) is 3.94. The van der Waals surface area contributed by atoms with Crippen LogP contribution in [0.2, 0.25) is 0 Å². The van der Waals surface area contributed by atoms with Crippen LogP contribution in [0.1, 0.15) is 32.2 Å². The Kier molecular flexibility index (Phi) is 5.15. The second-order valence-corrected chi connectivity index (χ2v) is 5.84. The molecule has 0 spiro atoms. The molecule has 0 saturated carbocycles. The number of hydrogen-bond acceptors (Lipinski definition) is 3. The number of hydrogen-bond donors (Lipinski definition) is 1. The number of carbonyl (C=O) groups is 1. The van der Waals surface area contributed by atoms with Crippen molar-refractivity contribution in [1.82, 2.24) is 5.16 Å². The summed E-state index contributed by atoms with van der Waals surface area (Å²) in [5.74, 6) is 0.218. The van der Waals surface area contributed by atoms with Crippen molar-refractivity contribution >= 4 is 10.1 Å². The van der Waals surface area contributed by atoms with Crippen LogP contribution < -0.4 is 4.16 Å². The van der Waals surface area contributed by atoms with Gasteiger partial charge in [-0.25, -0.2) is 0 Å². The summed E-state index contributed by atoms with van der Waals surface area (Å²) in [4.78, 5) is 10.0. The van der Waals surface area contributed by atoms with Crippen molar-refractivity contribution in [2.45, 2.75) is 34.6 Å². The number of aliphatic carboxylic acids is 1. The summed E-state index contributed by atoms with van der Waals surface area (Å²) in [7, 11) is 0. The normalized spacial score (nSPS) is 10.6. The first-order valence-electron chi connectivity index (χ1n) is 4.64. The van der Waals surface area contributed by atoms with Crippen LogP contribution >= 0.6 is 0 Å². The molecule has 0 saturated heterocycles. The molecule has 0 unspecified atom stereocenters. The number of rotatable bonds is 0. The number of carboxylic acids is 1. The zero-order valence-corrected chi connectivity index (χ0v) is 12.9. The van der Waals surface area contributed by atoms with Crippen LogP contribution in [0.25, 0.3) is 0 Å². The quantitative estimate of drug-likeness (QED) is 0.722. The summed E-state index contributed by atoms with van der Waals surface area (Å²) in [5.41, 5.74) is 0.461. The van der Waals surface area contributed by atoms with Crippen LogP contribution in [-0.2, 0) is 23.1 Å². The molecule has 1 heterocycles. The van der Waals surface area contributed by atoms with Crippen LogP contribution in [-0.4, -0.2) is 16.2 Å². The van der Waals surface area contributed by atoms with Crippen LogP contribution in [0.5, 0.6) is 0 Å². The Morgan fingerprint density at radius 3 is 1.87 bits per heavy atom. The van der Waals surface area contributed by atoms with E-state index >= 15 is 0 Å². The SMILES string of the molecule is CC(C)(C)C(=O)O.Cc1noc(C)[c]1[Zn]. The molecule has 0 aliphatic heterocycles. The predicted molar refractivity (Wildman–Crippen MR) is 52.7 cm³/mol. The molecule has 0 aromatic carbocycles. The molecule has 0 aliphatic rings. The van der Waals surface area contributed by atoms with Crippen molar-refractivity contribution < 1.29 is 32.7 Å². The molecule has 0 aliphatic carbocycles. The molecule has 1 aromatic rings. The van der Waals surface area contributed by atoms with Gasteiger partial charge in [0, 0.05) is 0 Å². The van der Waals surface area contributed by atoms with Crippen LogP contribution in [0, 0.1) is 19.3 Å². The molecule has 5 heteroatoms. The zero-order valence-electron chi connectivity index (χ0n) is 9.92. The Balaban J connectivity index is 0.000000265. The van der Waals surface area contributed by atoms with Crippen molar-refractivity contribution in [3.8, 4) is 0 Å². The fourth-order valence-corrected chi connectivity index (χ4v) is 0.773. The molecule has 4 nitrogen and oxygen atoms in total. The molecule has 0 atom stereocenters. The van der Waals surface area contributed by atoms with Gasteiger partial charge in [-0.15, -0.1) is 0 Å².